The Labute approximate surface area is 199 Å². The highest BCUT2D eigenvalue weighted by Gasteiger charge is 2.38. The minimum Gasteiger partial charge on any atom is -0.354 e. The van der Waals surface area contributed by atoms with E-state index in [9.17, 15) is 9.59 Å². The van der Waals surface area contributed by atoms with Gasteiger partial charge in [0.05, 0.1) is 6.04 Å². The molecule has 3 heterocycles. The first-order chi connectivity index (χ1) is 16.1. The van der Waals surface area contributed by atoms with Gasteiger partial charge in [0.15, 0.2) is 5.82 Å². The van der Waals surface area contributed by atoms with E-state index in [0.717, 1.165) is 51.6 Å². The lowest BCUT2D eigenvalue weighted by molar-refractivity contribution is -0.122. The first-order valence-electron chi connectivity index (χ1n) is 12.2. The van der Waals surface area contributed by atoms with E-state index >= 15 is 0 Å². The van der Waals surface area contributed by atoms with Gasteiger partial charge in [-0.3, -0.25) is 14.5 Å². The molecule has 4 rings (SSSR count). The monoisotopic (exact) mass is 473 g/mol. The third-order valence-electron chi connectivity index (χ3n) is 6.78. The second-order valence-electron chi connectivity index (χ2n) is 9.27. The molecule has 33 heavy (non-hydrogen) atoms. The summed E-state index contributed by atoms with van der Waals surface area (Å²) >= 11 is 1.75. The molecule has 1 aliphatic heterocycles. The number of nitrogens with one attached hydrogen (secondary N) is 2. The van der Waals surface area contributed by atoms with Gasteiger partial charge in [-0.2, -0.15) is 4.98 Å². The normalized spacial score (nSPS) is 19.7. The topological polar surface area (TPSA) is 100 Å². The standard InChI is InChI=1S/C24H35N5O3S/c1-18(30)27-24(12-4-2-3-5-13-24)23-26-22(32-28-23)11-10-21(31)25-17-19(20-9-8-16-33-20)29-14-6-7-15-29/h8-9,16,19H,2-7,10-15,17H2,1H3,(H,25,31)(H,27,30). The maximum absolute atomic E-state index is 12.6. The molecule has 1 aliphatic carbocycles. The number of amides is 2. The number of aromatic nitrogens is 2. The van der Waals surface area contributed by atoms with Crippen molar-refractivity contribution >= 4 is 23.2 Å². The van der Waals surface area contributed by atoms with Crippen LogP contribution in [0.1, 0.15) is 87.3 Å². The van der Waals surface area contributed by atoms with Gasteiger partial charge in [-0.1, -0.05) is 36.9 Å². The van der Waals surface area contributed by atoms with Crippen LogP contribution >= 0.6 is 11.3 Å². The van der Waals surface area contributed by atoms with Crippen LogP contribution in [0, 0.1) is 0 Å². The van der Waals surface area contributed by atoms with Gasteiger partial charge in [0, 0.05) is 31.2 Å². The van der Waals surface area contributed by atoms with E-state index in [0.29, 0.717) is 31.1 Å². The Bertz CT molecular complexity index is 899. The van der Waals surface area contributed by atoms with Crippen LogP contribution < -0.4 is 10.6 Å². The van der Waals surface area contributed by atoms with Crippen molar-refractivity contribution in [1.82, 2.24) is 25.7 Å². The van der Waals surface area contributed by atoms with Crippen molar-refractivity contribution in [3.63, 3.8) is 0 Å². The highest BCUT2D eigenvalue weighted by Crippen LogP contribution is 2.34. The largest absolute Gasteiger partial charge is 0.354 e. The Morgan fingerprint density at radius 2 is 1.94 bits per heavy atom. The summed E-state index contributed by atoms with van der Waals surface area (Å²) in [5.41, 5.74) is -0.560. The van der Waals surface area contributed by atoms with E-state index in [4.69, 9.17) is 4.52 Å². The number of nitrogens with zero attached hydrogens (tertiary/aromatic N) is 3. The van der Waals surface area contributed by atoms with Crippen molar-refractivity contribution in [1.29, 1.82) is 0 Å². The van der Waals surface area contributed by atoms with E-state index in [1.807, 2.05) is 0 Å². The third-order valence-corrected chi connectivity index (χ3v) is 7.75. The molecule has 2 aromatic rings. The Balaban J connectivity index is 1.32. The van der Waals surface area contributed by atoms with Crippen LogP contribution in [0.15, 0.2) is 22.0 Å². The number of aryl methyl sites for hydroxylation is 1. The van der Waals surface area contributed by atoms with Gasteiger partial charge >= 0.3 is 0 Å². The number of carbonyl (C=O) groups is 2. The summed E-state index contributed by atoms with van der Waals surface area (Å²) in [6.45, 7) is 4.31. The summed E-state index contributed by atoms with van der Waals surface area (Å²) in [5, 5.41) is 12.5. The minimum absolute atomic E-state index is 0.0125. The van der Waals surface area contributed by atoms with Crippen molar-refractivity contribution < 1.29 is 14.1 Å². The van der Waals surface area contributed by atoms with E-state index < -0.39 is 5.54 Å². The summed E-state index contributed by atoms with van der Waals surface area (Å²) in [5.74, 6) is 0.896. The number of carbonyl (C=O) groups excluding carboxylic acids is 2. The molecule has 0 spiro atoms. The summed E-state index contributed by atoms with van der Waals surface area (Å²) in [4.78, 5) is 32.8. The minimum atomic E-state index is -0.560. The molecule has 9 heteroatoms. The van der Waals surface area contributed by atoms with Crippen LogP contribution in [-0.4, -0.2) is 46.5 Å². The van der Waals surface area contributed by atoms with Gasteiger partial charge in [-0.15, -0.1) is 11.3 Å². The summed E-state index contributed by atoms with van der Waals surface area (Å²) < 4.78 is 5.48. The molecule has 1 saturated heterocycles. The van der Waals surface area contributed by atoms with Gasteiger partial charge in [0.2, 0.25) is 17.7 Å². The summed E-state index contributed by atoms with van der Waals surface area (Å²) in [6, 6.07) is 4.46. The number of hydrogen-bond acceptors (Lipinski definition) is 7. The van der Waals surface area contributed by atoms with Crippen molar-refractivity contribution in [2.24, 2.45) is 0 Å². The number of rotatable bonds is 9. The smallest absolute Gasteiger partial charge is 0.227 e. The predicted molar refractivity (Wildman–Crippen MR) is 127 cm³/mol. The average Bonchev–Trinajstić information content (AvgIpc) is 3.56. The maximum Gasteiger partial charge on any atom is 0.227 e. The zero-order chi connectivity index (χ0) is 23.1. The number of thiophene rings is 1. The lowest BCUT2D eigenvalue weighted by Gasteiger charge is -2.30. The molecule has 1 saturated carbocycles. The molecule has 2 N–H and O–H groups in total. The summed E-state index contributed by atoms with van der Waals surface area (Å²) in [7, 11) is 0. The number of hydrogen-bond donors (Lipinski definition) is 2. The van der Waals surface area contributed by atoms with Crippen molar-refractivity contribution in [3.05, 3.63) is 34.1 Å². The second kappa shape index (κ2) is 11.2. The fourth-order valence-corrected chi connectivity index (χ4v) is 5.95. The lowest BCUT2D eigenvalue weighted by Crippen LogP contribution is -2.45. The first-order valence-corrected chi connectivity index (χ1v) is 13.1. The van der Waals surface area contributed by atoms with Gasteiger partial charge < -0.3 is 15.2 Å². The van der Waals surface area contributed by atoms with Crippen LogP contribution in [0.5, 0.6) is 0 Å². The fraction of sp³-hybridized carbons (Fsp3) is 0.667. The molecule has 8 nitrogen and oxygen atoms in total. The molecular weight excluding hydrogens is 438 g/mol. The van der Waals surface area contributed by atoms with Crippen LogP contribution in [0.4, 0.5) is 0 Å². The SMILES string of the molecule is CC(=O)NC1(c2noc(CCC(=O)NCC(c3cccs3)N3CCCC3)n2)CCCCCC1. The van der Waals surface area contributed by atoms with Gasteiger partial charge in [0.25, 0.3) is 0 Å². The highest BCUT2D eigenvalue weighted by molar-refractivity contribution is 7.10. The van der Waals surface area contributed by atoms with Crippen molar-refractivity contribution in [2.75, 3.05) is 19.6 Å². The average molecular weight is 474 g/mol. The molecule has 2 fully saturated rings. The quantitative estimate of drug-likeness (QED) is 0.539. The predicted octanol–water partition coefficient (Wildman–Crippen LogP) is 3.70. The van der Waals surface area contributed by atoms with E-state index in [-0.39, 0.29) is 17.9 Å². The molecule has 0 aromatic carbocycles. The Morgan fingerprint density at radius 3 is 2.61 bits per heavy atom. The van der Waals surface area contributed by atoms with E-state index in [1.54, 1.807) is 11.3 Å². The maximum atomic E-state index is 12.6. The van der Waals surface area contributed by atoms with Crippen LogP contribution in [0.2, 0.25) is 0 Å². The molecule has 180 valence electrons. The zero-order valence-corrected chi connectivity index (χ0v) is 20.3. The third kappa shape index (κ3) is 6.20. The molecule has 0 radical (unpaired) electrons. The number of likely N-dealkylation sites (tertiary alicyclic amines) is 1. The highest BCUT2D eigenvalue weighted by atomic mass is 32.1. The van der Waals surface area contributed by atoms with Crippen molar-refractivity contribution in [2.45, 2.75) is 82.7 Å². The Hall–Kier alpha value is -2.26. The van der Waals surface area contributed by atoms with E-state index in [1.165, 1.54) is 24.6 Å². The Morgan fingerprint density at radius 1 is 1.18 bits per heavy atom. The van der Waals surface area contributed by atoms with Crippen LogP contribution in [0.3, 0.4) is 0 Å². The lowest BCUT2D eigenvalue weighted by atomic mass is 9.89. The second-order valence-corrected chi connectivity index (χ2v) is 10.2. The molecule has 2 aliphatic rings. The van der Waals surface area contributed by atoms with Gasteiger partial charge in [-0.05, 0) is 50.2 Å². The molecule has 1 unspecified atom stereocenters. The molecule has 2 amide bonds. The van der Waals surface area contributed by atoms with E-state index in [2.05, 4.69) is 43.2 Å². The van der Waals surface area contributed by atoms with Gasteiger partial charge in [0.1, 0.15) is 5.54 Å². The summed E-state index contributed by atoms with van der Waals surface area (Å²) in [6.07, 6.45) is 9.09. The molecule has 2 aromatic heterocycles. The van der Waals surface area contributed by atoms with Crippen LogP contribution in [-0.2, 0) is 21.5 Å². The first kappa shape index (κ1) is 23.9. The van der Waals surface area contributed by atoms with Gasteiger partial charge in [-0.25, -0.2) is 0 Å². The molecular formula is C24H35N5O3S. The molecule has 0 bridgehead atoms. The Kier molecular flexibility index (Phi) is 8.14. The zero-order valence-electron chi connectivity index (χ0n) is 19.5. The van der Waals surface area contributed by atoms with Crippen molar-refractivity contribution in [3.8, 4) is 0 Å². The molecule has 1 atom stereocenters. The van der Waals surface area contributed by atoms with Crippen LogP contribution in [0.25, 0.3) is 0 Å². The fourth-order valence-electron chi connectivity index (χ4n) is 5.09.